The molecule has 1 aromatic heterocycles. The Bertz CT molecular complexity index is 687. The van der Waals surface area contributed by atoms with Crippen molar-refractivity contribution in [3.05, 3.63) is 51.2 Å². The third-order valence-corrected chi connectivity index (χ3v) is 4.22. The molecule has 2 rings (SSSR count). The maximum Gasteiger partial charge on any atom is 0.333 e. The van der Waals surface area contributed by atoms with Crippen molar-refractivity contribution < 1.29 is 19.1 Å². The highest BCUT2D eigenvalue weighted by Crippen LogP contribution is 2.28. The van der Waals surface area contributed by atoms with Gasteiger partial charge in [0, 0.05) is 0 Å². The Morgan fingerprint density at radius 1 is 1.30 bits per heavy atom. The molecular formula is C16H16ClNO4S. The van der Waals surface area contributed by atoms with Crippen LogP contribution in [0.25, 0.3) is 0 Å². The van der Waals surface area contributed by atoms with Crippen molar-refractivity contribution in [3.8, 4) is 5.75 Å². The normalized spacial score (nSPS) is 11.6. The van der Waals surface area contributed by atoms with Crippen LogP contribution in [0.5, 0.6) is 5.75 Å². The van der Waals surface area contributed by atoms with Crippen LogP contribution in [-0.4, -0.2) is 26.1 Å². The number of amides is 1. The molecule has 23 heavy (non-hydrogen) atoms. The van der Waals surface area contributed by atoms with Gasteiger partial charge >= 0.3 is 5.97 Å². The van der Waals surface area contributed by atoms with Crippen molar-refractivity contribution in [2.24, 2.45) is 0 Å². The Kier molecular flexibility index (Phi) is 6.01. The van der Waals surface area contributed by atoms with Crippen molar-refractivity contribution in [1.29, 1.82) is 0 Å². The molecule has 0 saturated heterocycles. The first kappa shape index (κ1) is 17.3. The quantitative estimate of drug-likeness (QED) is 0.811. The molecule has 0 unspecified atom stereocenters. The molecular weight excluding hydrogens is 338 g/mol. The Morgan fingerprint density at radius 3 is 2.65 bits per heavy atom. The van der Waals surface area contributed by atoms with Crippen LogP contribution >= 0.6 is 22.9 Å². The minimum atomic E-state index is -0.922. The second-order valence-corrected chi connectivity index (χ2v) is 5.91. The molecule has 2 aromatic rings. The standard InChI is InChI=1S/C16H16ClNO4S/c1-21-13-4-3-11(8-12(13)17)15(16(20)22-2)18-14(19)7-10-5-6-23-9-10/h3-6,8-9,15H,7H2,1-2H3,(H,18,19)/t15-/m1/s1. The molecule has 0 aliphatic rings. The van der Waals surface area contributed by atoms with E-state index in [1.807, 2.05) is 16.8 Å². The molecule has 1 N–H and O–H groups in total. The lowest BCUT2D eigenvalue weighted by Crippen LogP contribution is -2.35. The summed E-state index contributed by atoms with van der Waals surface area (Å²) in [6.07, 6.45) is 0.195. The molecule has 1 heterocycles. The summed E-state index contributed by atoms with van der Waals surface area (Å²) in [4.78, 5) is 24.2. The minimum absolute atomic E-state index is 0.195. The summed E-state index contributed by atoms with van der Waals surface area (Å²) in [6.45, 7) is 0. The Balaban J connectivity index is 2.18. The number of benzene rings is 1. The molecule has 0 saturated carbocycles. The van der Waals surface area contributed by atoms with E-state index in [1.54, 1.807) is 18.2 Å². The number of esters is 1. The van der Waals surface area contributed by atoms with Crippen molar-refractivity contribution in [1.82, 2.24) is 5.32 Å². The van der Waals surface area contributed by atoms with Gasteiger partial charge in [-0.25, -0.2) is 4.79 Å². The highest BCUT2D eigenvalue weighted by Gasteiger charge is 2.24. The maximum atomic E-state index is 12.2. The molecule has 1 atom stereocenters. The number of nitrogens with one attached hydrogen (secondary N) is 1. The molecule has 5 nitrogen and oxygen atoms in total. The smallest absolute Gasteiger partial charge is 0.333 e. The van der Waals surface area contributed by atoms with Crippen LogP contribution in [0.1, 0.15) is 17.2 Å². The second-order valence-electron chi connectivity index (χ2n) is 4.73. The number of rotatable bonds is 6. The van der Waals surface area contributed by atoms with Crippen LogP contribution in [0.2, 0.25) is 5.02 Å². The number of halogens is 1. The highest BCUT2D eigenvalue weighted by molar-refractivity contribution is 7.08. The number of ether oxygens (including phenoxy) is 2. The lowest BCUT2D eigenvalue weighted by atomic mass is 10.1. The molecule has 0 aliphatic heterocycles. The van der Waals surface area contributed by atoms with Gasteiger partial charge in [-0.1, -0.05) is 17.7 Å². The fourth-order valence-electron chi connectivity index (χ4n) is 2.05. The largest absolute Gasteiger partial charge is 0.495 e. The van der Waals surface area contributed by atoms with Gasteiger partial charge in [0.25, 0.3) is 0 Å². The van der Waals surface area contributed by atoms with Gasteiger partial charge in [-0.05, 0) is 40.1 Å². The van der Waals surface area contributed by atoms with Gasteiger partial charge in [-0.2, -0.15) is 11.3 Å². The van der Waals surface area contributed by atoms with Crippen molar-refractivity contribution in [2.75, 3.05) is 14.2 Å². The van der Waals surface area contributed by atoms with Crippen LogP contribution in [0, 0.1) is 0 Å². The van der Waals surface area contributed by atoms with Crippen molar-refractivity contribution in [2.45, 2.75) is 12.5 Å². The summed E-state index contributed by atoms with van der Waals surface area (Å²) < 4.78 is 9.86. The number of carbonyl (C=O) groups excluding carboxylic acids is 2. The zero-order chi connectivity index (χ0) is 16.8. The van der Waals surface area contributed by atoms with Crippen LogP contribution in [0.4, 0.5) is 0 Å². The average molecular weight is 354 g/mol. The minimum Gasteiger partial charge on any atom is -0.495 e. The van der Waals surface area contributed by atoms with Crippen LogP contribution in [0.3, 0.4) is 0 Å². The fourth-order valence-corrected chi connectivity index (χ4v) is 2.98. The number of carbonyl (C=O) groups is 2. The summed E-state index contributed by atoms with van der Waals surface area (Å²) in [6, 6.07) is 5.82. The van der Waals surface area contributed by atoms with Gasteiger partial charge in [0.2, 0.25) is 5.91 Å². The van der Waals surface area contributed by atoms with E-state index >= 15 is 0 Å². The third kappa shape index (κ3) is 4.46. The molecule has 1 aromatic carbocycles. The van der Waals surface area contributed by atoms with E-state index in [-0.39, 0.29) is 12.3 Å². The Morgan fingerprint density at radius 2 is 2.09 bits per heavy atom. The van der Waals surface area contributed by atoms with Gasteiger partial charge in [-0.15, -0.1) is 0 Å². The lowest BCUT2D eigenvalue weighted by molar-refractivity contribution is -0.145. The summed E-state index contributed by atoms with van der Waals surface area (Å²) >= 11 is 7.60. The Hall–Kier alpha value is -2.05. The van der Waals surface area contributed by atoms with E-state index in [9.17, 15) is 9.59 Å². The molecule has 1 amide bonds. The first-order chi connectivity index (χ1) is 11.0. The Labute approximate surface area is 143 Å². The van der Waals surface area contributed by atoms with Crippen LogP contribution in [0.15, 0.2) is 35.0 Å². The van der Waals surface area contributed by atoms with E-state index in [0.29, 0.717) is 16.3 Å². The molecule has 0 radical (unpaired) electrons. The average Bonchev–Trinajstić information content (AvgIpc) is 3.04. The lowest BCUT2D eigenvalue weighted by Gasteiger charge is -2.17. The summed E-state index contributed by atoms with van der Waals surface area (Å²) in [7, 11) is 2.77. The molecule has 0 aliphatic carbocycles. The van der Waals surface area contributed by atoms with Gasteiger partial charge < -0.3 is 14.8 Å². The number of methoxy groups -OCH3 is 2. The molecule has 122 valence electrons. The first-order valence-electron chi connectivity index (χ1n) is 6.77. The van der Waals surface area contributed by atoms with Crippen molar-refractivity contribution >= 4 is 34.8 Å². The first-order valence-corrected chi connectivity index (χ1v) is 8.09. The summed E-state index contributed by atoms with van der Waals surface area (Å²) in [5.74, 6) is -0.348. The number of hydrogen-bond donors (Lipinski definition) is 1. The number of hydrogen-bond acceptors (Lipinski definition) is 5. The van der Waals surface area contributed by atoms with E-state index < -0.39 is 12.0 Å². The van der Waals surface area contributed by atoms with E-state index in [4.69, 9.17) is 21.1 Å². The number of thiophene rings is 1. The van der Waals surface area contributed by atoms with Crippen LogP contribution < -0.4 is 10.1 Å². The molecule has 0 bridgehead atoms. The predicted octanol–water partition coefficient (Wildman–Crippen LogP) is 2.98. The SMILES string of the molecule is COC(=O)[C@H](NC(=O)Cc1ccsc1)c1ccc(OC)c(Cl)c1. The fraction of sp³-hybridized carbons (Fsp3) is 0.250. The third-order valence-electron chi connectivity index (χ3n) is 3.20. The van der Waals surface area contributed by atoms with Crippen molar-refractivity contribution in [3.63, 3.8) is 0 Å². The zero-order valence-corrected chi connectivity index (χ0v) is 14.2. The molecule has 0 fully saturated rings. The summed E-state index contributed by atoms with van der Waals surface area (Å²) in [5.41, 5.74) is 1.42. The van der Waals surface area contributed by atoms with Gasteiger partial charge in [-0.3, -0.25) is 4.79 Å². The second kappa shape index (κ2) is 7.99. The predicted molar refractivity (Wildman–Crippen MR) is 88.9 cm³/mol. The maximum absolute atomic E-state index is 12.2. The topological polar surface area (TPSA) is 64.6 Å². The highest BCUT2D eigenvalue weighted by atomic mass is 35.5. The van der Waals surface area contributed by atoms with E-state index in [0.717, 1.165) is 5.56 Å². The molecule has 0 spiro atoms. The monoisotopic (exact) mass is 353 g/mol. The van der Waals surface area contributed by atoms with E-state index in [2.05, 4.69) is 5.32 Å². The van der Waals surface area contributed by atoms with Gasteiger partial charge in [0.05, 0.1) is 25.7 Å². The van der Waals surface area contributed by atoms with Gasteiger partial charge in [0.15, 0.2) is 6.04 Å². The summed E-state index contributed by atoms with van der Waals surface area (Å²) in [5, 5.41) is 6.81. The molecule has 7 heteroatoms. The van der Waals surface area contributed by atoms with Crippen LogP contribution in [-0.2, 0) is 20.7 Å². The van der Waals surface area contributed by atoms with Gasteiger partial charge in [0.1, 0.15) is 5.75 Å². The van der Waals surface area contributed by atoms with E-state index in [1.165, 1.54) is 25.6 Å². The zero-order valence-electron chi connectivity index (χ0n) is 12.7.